The predicted molar refractivity (Wildman–Crippen MR) is 96.8 cm³/mol. The highest BCUT2D eigenvalue weighted by Gasteiger charge is 2.17. The van der Waals surface area contributed by atoms with E-state index in [9.17, 15) is 9.59 Å². The number of aromatic amines is 2. The van der Waals surface area contributed by atoms with Crippen LogP contribution in [0.2, 0.25) is 0 Å². The molecule has 2 N–H and O–H groups in total. The van der Waals surface area contributed by atoms with E-state index in [0.29, 0.717) is 11.4 Å². The van der Waals surface area contributed by atoms with E-state index < -0.39 is 0 Å². The Hall–Kier alpha value is -2.10. The number of aromatic nitrogens is 2. The minimum absolute atomic E-state index is 0.169. The number of hydrogen-bond acceptors (Lipinski definition) is 2. The fourth-order valence-corrected chi connectivity index (χ4v) is 3.19. The Balaban J connectivity index is 1.95. The monoisotopic (exact) mass is 328 g/mol. The lowest BCUT2D eigenvalue weighted by atomic mass is 9.94. The fourth-order valence-electron chi connectivity index (χ4n) is 3.19. The summed E-state index contributed by atoms with van der Waals surface area (Å²) >= 11 is 0. The minimum atomic E-state index is 0.169. The van der Waals surface area contributed by atoms with E-state index in [1.165, 1.54) is 38.5 Å². The first kappa shape index (κ1) is 18.2. The van der Waals surface area contributed by atoms with Crippen LogP contribution in [0.25, 0.3) is 0 Å². The average Bonchev–Trinajstić information content (AvgIpc) is 3.26. The van der Waals surface area contributed by atoms with Crippen LogP contribution in [-0.4, -0.2) is 22.5 Å². The highest BCUT2D eigenvalue weighted by molar-refractivity contribution is 5.73. The summed E-state index contributed by atoms with van der Waals surface area (Å²) < 4.78 is 0. The molecule has 130 valence electrons. The average molecular weight is 328 g/mol. The number of carbonyl (C=O) groups excluding carboxylic acids is 2. The summed E-state index contributed by atoms with van der Waals surface area (Å²) in [5.41, 5.74) is 3.25. The van der Waals surface area contributed by atoms with Gasteiger partial charge in [0.1, 0.15) is 0 Å². The molecule has 0 unspecified atom stereocenters. The molecule has 0 fully saturated rings. The second-order valence-corrected chi connectivity index (χ2v) is 6.44. The van der Waals surface area contributed by atoms with Crippen LogP contribution in [0.1, 0.15) is 96.6 Å². The molecule has 4 heteroatoms. The summed E-state index contributed by atoms with van der Waals surface area (Å²) in [7, 11) is 0. The quantitative estimate of drug-likeness (QED) is 0.413. The Morgan fingerprint density at radius 2 is 1.29 bits per heavy atom. The third kappa shape index (κ3) is 5.22. The lowest BCUT2D eigenvalue weighted by Gasteiger charge is -2.14. The van der Waals surface area contributed by atoms with E-state index >= 15 is 0 Å². The Morgan fingerprint density at radius 1 is 0.792 bits per heavy atom. The van der Waals surface area contributed by atoms with Crippen LogP contribution in [0.5, 0.6) is 0 Å². The number of H-pyrrole nitrogens is 2. The number of rotatable bonds is 12. The third-order valence-electron chi connectivity index (χ3n) is 4.56. The molecule has 2 aromatic rings. The van der Waals surface area contributed by atoms with Crippen LogP contribution < -0.4 is 0 Å². The van der Waals surface area contributed by atoms with Crippen molar-refractivity contribution in [1.82, 2.24) is 9.97 Å². The van der Waals surface area contributed by atoms with E-state index in [-0.39, 0.29) is 5.92 Å². The molecule has 0 aromatic carbocycles. The number of nitrogens with one attached hydrogen (secondary N) is 2. The molecule has 0 spiro atoms. The van der Waals surface area contributed by atoms with Gasteiger partial charge in [-0.05, 0) is 30.7 Å². The summed E-state index contributed by atoms with van der Waals surface area (Å²) in [6.07, 6.45) is 11.6. The second kappa shape index (κ2) is 9.91. The molecule has 4 nitrogen and oxygen atoms in total. The van der Waals surface area contributed by atoms with Crippen molar-refractivity contribution in [3.8, 4) is 0 Å². The first-order valence-corrected chi connectivity index (χ1v) is 9.06. The number of carbonyl (C=O) groups is 2. The van der Waals surface area contributed by atoms with Gasteiger partial charge in [0.25, 0.3) is 0 Å². The predicted octanol–water partition coefficient (Wildman–Crippen LogP) is 5.24. The molecule has 0 bridgehead atoms. The van der Waals surface area contributed by atoms with Gasteiger partial charge < -0.3 is 9.97 Å². The normalized spacial score (nSPS) is 11.1. The maximum atomic E-state index is 10.9. The van der Waals surface area contributed by atoms with Crippen molar-refractivity contribution >= 4 is 12.6 Å². The molecule has 0 saturated heterocycles. The lowest BCUT2D eigenvalue weighted by Crippen LogP contribution is -2.03. The van der Waals surface area contributed by atoms with Crippen molar-refractivity contribution in [3.05, 3.63) is 47.0 Å². The molecule has 0 radical (unpaired) electrons. The van der Waals surface area contributed by atoms with Gasteiger partial charge in [0, 0.05) is 17.3 Å². The van der Waals surface area contributed by atoms with Crippen molar-refractivity contribution < 1.29 is 9.59 Å². The Labute approximate surface area is 144 Å². The molecule has 0 atom stereocenters. The van der Waals surface area contributed by atoms with Gasteiger partial charge in [-0.2, -0.15) is 0 Å². The van der Waals surface area contributed by atoms with E-state index in [0.717, 1.165) is 36.8 Å². The van der Waals surface area contributed by atoms with Crippen LogP contribution in [0.15, 0.2) is 24.3 Å². The highest BCUT2D eigenvalue weighted by Crippen LogP contribution is 2.29. The molecule has 0 aliphatic heterocycles. The van der Waals surface area contributed by atoms with Crippen molar-refractivity contribution in [2.45, 2.75) is 64.2 Å². The van der Waals surface area contributed by atoms with Gasteiger partial charge in [0.15, 0.2) is 12.6 Å². The van der Waals surface area contributed by atoms with Gasteiger partial charge in [0.2, 0.25) is 0 Å². The van der Waals surface area contributed by atoms with Gasteiger partial charge in [-0.3, -0.25) is 9.59 Å². The van der Waals surface area contributed by atoms with Crippen LogP contribution in [-0.2, 0) is 0 Å². The summed E-state index contributed by atoms with van der Waals surface area (Å²) in [5, 5.41) is 0. The molecule has 2 rings (SSSR count). The zero-order valence-corrected chi connectivity index (χ0v) is 14.5. The molecule has 0 aliphatic carbocycles. The van der Waals surface area contributed by atoms with Crippen molar-refractivity contribution in [2.24, 2.45) is 0 Å². The van der Waals surface area contributed by atoms with Crippen LogP contribution in [0, 0.1) is 0 Å². The van der Waals surface area contributed by atoms with Crippen LogP contribution >= 0.6 is 0 Å². The topological polar surface area (TPSA) is 65.7 Å². The number of unbranched alkanes of at least 4 members (excludes halogenated alkanes) is 6. The smallest absolute Gasteiger partial charge is 0.166 e. The molecule has 0 aliphatic rings. The van der Waals surface area contributed by atoms with Gasteiger partial charge >= 0.3 is 0 Å². The van der Waals surface area contributed by atoms with Gasteiger partial charge in [-0.15, -0.1) is 0 Å². The van der Waals surface area contributed by atoms with Crippen molar-refractivity contribution in [1.29, 1.82) is 0 Å². The zero-order chi connectivity index (χ0) is 17.2. The van der Waals surface area contributed by atoms with E-state index in [1.54, 1.807) is 0 Å². The summed E-state index contributed by atoms with van der Waals surface area (Å²) in [4.78, 5) is 28.2. The zero-order valence-electron chi connectivity index (χ0n) is 14.5. The molecular weight excluding hydrogens is 300 g/mol. The molecular formula is C20H28N2O2. The maximum absolute atomic E-state index is 10.9. The van der Waals surface area contributed by atoms with Crippen molar-refractivity contribution in [3.63, 3.8) is 0 Å². The van der Waals surface area contributed by atoms with Gasteiger partial charge in [-0.25, -0.2) is 0 Å². The Kier molecular flexibility index (Phi) is 7.53. The standard InChI is InChI=1S/C20H28N2O2/c1-2-3-4-5-6-7-8-9-18(19-12-10-16(14-23)21-19)20-13-11-17(15-24)22-20/h10-15,18,21-22H,2-9H2,1H3. The van der Waals surface area contributed by atoms with E-state index in [4.69, 9.17) is 0 Å². The minimum Gasteiger partial charge on any atom is -0.356 e. The van der Waals surface area contributed by atoms with Crippen molar-refractivity contribution in [2.75, 3.05) is 0 Å². The SMILES string of the molecule is CCCCCCCCCC(c1ccc(C=O)[nH]1)c1ccc(C=O)[nH]1. The van der Waals surface area contributed by atoms with Crippen LogP contribution in [0.3, 0.4) is 0 Å². The van der Waals surface area contributed by atoms with E-state index in [1.807, 2.05) is 24.3 Å². The highest BCUT2D eigenvalue weighted by atomic mass is 16.1. The molecule has 24 heavy (non-hydrogen) atoms. The number of aldehydes is 2. The molecule has 0 amide bonds. The fraction of sp³-hybridized carbons (Fsp3) is 0.500. The first-order valence-electron chi connectivity index (χ1n) is 9.06. The van der Waals surface area contributed by atoms with Gasteiger partial charge in [-0.1, -0.05) is 51.9 Å². The maximum Gasteiger partial charge on any atom is 0.166 e. The summed E-state index contributed by atoms with van der Waals surface area (Å²) in [6, 6.07) is 7.56. The molecule has 0 saturated carbocycles. The molecule has 2 aromatic heterocycles. The molecule has 2 heterocycles. The number of hydrogen-bond donors (Lipinski definition) is 2. The Bertz CT molecular complexity index is 581. The van der Waals surface area contributed by atoms with Crippen LogP contribution in [0.4, 0.5) is 0 Å². The Morgan fingerprint density at radius 3 is 1.75 bits per heavy atom. The second-order valence-electron chi connectivity index (χ2n) is 6.44. The largest absolute Gasteiger partial charge is 0.356 e. The van der Waals surface area contributed by atoms with E-state index in [2.05, 4.69) is 16.9 Å². The first-order chi connectivity index (χ1) is 11.8. The third-order valence-corrected chi connectivity index (χ3v) is 4.56. The summed E-state index contributed by atoms with van der Waals surface area (Å²) in [5.74, 6) is 0.169. The lowest BCUT2D eigenvalue weighted by molar-refractivity contribution is 0.111. The van der Waals surface area contributed by atoms with Gasteiger partial charge in [0.05, 0.1) is 11.4 Å². The summed E-state index contributed by atoms with van der Waals surface area (Å²) in [6.45, 7) is 2.23.